The summed E-state index contributed by atoms with van der Waals surface area (Å²) in [5.74, 6) is -0.283. The highest BCUT2D eigenvalue weighted by atomic mass is 35.5. The van der Waals surface area contributed by atoms with Crippen LogP contribution in [-0.4, -0.2) is 24.4 Å². The van der Waals surface area contributed by atoms with Crippen molar-refractivity contribution in [3.05, 3.63) is 59.1 Å². The Morgan fingerprint density at radius 3 is 2.64 bits per heavy atom. The number of amides is 2. The molecule has 1 saturated heterocycles. The molecule has 0 spiro atoms. The summed E-state index contributed by atoms with van der Waals surface area (Å²) in [6, 6.07) is 13.8. The maximum absolute atomic E-state index is 12.5. The van der Waals surface area contributed by atoms with Gasteiger partial charge in [-0.3, -0.25) is 9.59 Å². The van der Waals surface area contributed by atoms with E-state index in [-0.39, 0.29) is 30.6 Å². The van der Waals surface area contributed by atoms with Gasteiger partial charge in [0.25, 0.3) is 0 Å². The lowest BCUT2D eigenvalue weighted by Crippen LogP contribution is -2.42. The van der Waals surface area contributed by atoms with Crippen LogP contribution >= 0.6 is 24.0 Å². The summed E-state index contributed by atoms with van der Waals surface area (Å²) in [5.41, 5.74) is 7.90. The summed E-state index contributed by atoms with van der Waals surface area (Å²) in [4.78, 5) is 26.3. The molecule has 3 rings (SSSR count). The van der Waals surface area contributed by atoms with Crippen LogP contribution in [0.25, 0.3) is 0 Å². The molecule has 2 amide bonds. The number of hydrogen-bond donors (Lipinski definition) is 2. The Morgan fingerprint density at radius 1 is 1.24 bits per heavy atom. The minimum atomic E-state index is -0.495. The van der Waals surface area contributed by atoms with Crippen LogP contribution < -0.4 is 16.0 Å². The number of rotatable bonds is 4. The van der Waals surface area contributed by atoms with Crippen molar-refractivity contribution in [2.75, 3.05) is 17.2 Å². The highest BCUT2D eigenvalue weighted by molar-refractivity contribution is 6.31. The number of nitrogens with zero attached hydrogens (tertiary/aromatic N) is 1. The van der Waals surface area contributed by atoms with E-state index < -0.39 is 6.04 Å². The fraction of sp³-hybridized carbons (Fsp3) is 0.222. The molecule has 2 aromatic carbocycles. The Hall–Kier alpha value is -2.24. The molecule has 3 N–H and O–H groups in total. The smallest absolute Gasteiger partial charge is 0.249 e. The van der Waals surface area contributed by atoms with E-state index in [1.165, 1.54) is 0 Å². The van der Waals surface area contributed by atoms with E-state index in [2.05, 4.69) is 5.32 Å². The van der Waals surface area contributed by atoms with Crippen molar-refractivity contribution in [1.29, 1.82) is 0 Å². The van der Waals surface area contributed by atoms with Gasteiger partial charge in [-0.15, -0.1) is 12.4 Å². The Morgan fingerprint density at radius 2 is 1.96 bits per heavy atom. The highest BCUT2D eigenvalue weighted by Gasteiger charge is 2.33. The first-order chi connectivity index (χ1) is 11.5. The van der Waals surface area contributed by atoms with Crippen molar-refractivity contribution >= 4 is 47.2 Å². The number of carbonyl (C=O) groups excluding carboxylic acids is 2. The van der Waals surface area contributed by atoms with Gasteiger partial charge in [0.1, 0.15) is 6.04 Å². The first-order valence-corrected chi connectivity index (χ1v) is 8.11. The van der Waals surface area contributed by atoms with Gasteiger partial charge in [-0.05, 0) is 42.3 Å². The summed E-state index contributed by atoms with van der Waals surface area (Å²) >= 11 is 5.98. The van der Waals surface area contributed by atoms with Gasteiger partial charge < -0.3 is 16.0 Å². The quantitative estimate of drug-likeness (QED) is 0.801. The Balaban J connectivity index is 0.00000225. The molecule has 1 aliphatic heterocycles. The molecule has 0 aromatic heterocycles. The van der Waals surface area contributed by atoms with Crippen LogP contribution in [0.2, 0.25) is 5.02 Å². The molecule has 1 aliphatic rings. The Kier molecular flexibility index (Phi) is 6.28. The van der Waals surface area contributed by atoms with E-state index in [1.54, 1.807) is 35.2 Å². The molecule has 2 aromatic rings. The predicted molar refractivity (Wildman–Crippen MR) is 102 cm³/mol. The van der Waals surface area contributed by atoms with Crippen LogP contribution in [0.15, 0.2) is 48.5 Å². The molecule has 0 bridgehead atoms. The summed E-state index contributed by atoms with van der Waals surface area (Å²) in [5, 5.41) is 3.39. The predicted octanol–water partition coefficient (Wildman–Crippen LogP) is 2.81. The van der Waals surface area contributed by atoms with E-state index >= 15 is 0 Å². The van der Waals surface area contributed by atoms with E-state index in [1.807, 2.05) is 18.2 Å². The van der Waals surface area contributed by atoms with Gasteiger partial charge >= 0.3 is 0 Å². The number of benzene rings is 2. The van der Waals surface area contributed by atoms with Crippen molar-refractivity contribution in [3.8, 4) is 0 Å². The molecule has 5 nitrogen and oxygen atoms in total. The van der Waals surface area contributed by atoms with Crippen LogP contribution in [0, 0.1) is 0 Å². The molecule has 0 radical (unpaired) electrons. The Labute approximate surface area is 157 Å². The van der Waals surface area contributed by atoms with Crippen molar-refractivity contribution < 1.29 is 9.59 Å². The standard InChI is InChI=1S/C18H18ClN3O2.ClH/c19-13-2-1-3-15(11-13)22-9-8-16(18(22)24)21-17(23)10-12-4-6-14(20)7-5-12;/h1-7,11,16H,8-10,20H2,(H,21,23);1H. The molecule has 1 atom stereocenters. The number of anilines is 2. The van der Waals surface area contributed by atoms with Gasteiger partial charge in [-0.1, -0.05) is 29.8 Å². The highest BCUT2D eigenvalue weighted by Crippen LogP contribution is 2.24. The number of halogens is 2. The van der Waals surface area contributed by atoms with Gasteiger partial charge in [0, 0.05) is 22.9 Å². The maximum atomic E-state index is 12.5. The third kappa shape index (κ3) is 4.65. The van der Waals surface area contributed by atoms with Crippen molar-refractivity contribution in [3.63, 3.8) is 0 Å². The van der Waals surface area contributed by atoms with E-state index in [0.717, 1.165) is 11.3 Å². The molecular weight excluding hydrogens is 361 g/mol. The molecular formula is C18H19Cl2N3O2. The second-order valence-electron chi connectivity index (χ2n) is 5.80. The van der Waals surface area contributed by atoms with Crippen LogP contribution in [0.3, 0.4) is 0 Å². The number of hydrogen-bond acceptors (Lipinski definition) is 3. The molecule has 7 heteroatoms. The van der Waals surface area contributed by atoms with Crippen molar-refractivity contribution in [2.45, 2.75) is 18.9 Å². The first-order valence-electron chi connectivity index (χ1n) is 7.73. The zero-order valence-corrected chi connectivity index (χ0v) is 15.0. The van der Waals surface area contributed by atoms with E-state index in [4.69, 9.17) is 17.3 Å². The number of nitrogen functional groups attached to an aromatic ring is 1. The summed E-state index contributed by atoms with van der Waals surface area (Å²) in [6.45, 7) is 0.562. The topological polar surface area (TPSA) is 75.4 Å². The minimum absolute atomic E-state index is 0. The van der Waals surface area contributed by atoms with Gasteiger partial charge in [0.05, 0.1) is 6.42 Å². The number of nitrogens with one attached hydrogen (secondary N) is 1. The molecule has 1 unspecified atom stereocenters. The first kappa shape index (κ1) is 19.1. The van der Waals surface area contributed by atoms with E-state index in [9.17, 15) is 9.59 Å². The molecule has 1 heterocycles. The number of carbonyl (C=O) groups is 2. The lowest BCUT2D eigenvalue weighted by Gasteiger charge is -2.17. The number of nitrogens with two attached hydrogens (primary N) is 1. The van der Waals surface area contributed by atoms with Crippen LogP contribution in [0.4, 0.5) is 11.4 Å². The largest absolute Gasteiger partial charge is 0.399 e. The monoisotopic (exact) mass is 379 g/mol. The zero-order valence-electron chi connectivity index (χ0n) is 13.4. The zero-order chi connectivity index (χ0) is 17.1. The Bertz CT molecular complexity index is 765. The molecule has 1 fully saturated rings. The fourth-order valence-electron chi connectivity index (χ4n) is 2.78. The van der Waals surface area contributed by atoms with Gasteiger partial charge in [-0.25, -0.2) is 0 Å². The summed E-state index contributed by atoms with van der Waals surface area (Å²) in [7, 11) is 0. The van der Waals surface area contributed by atoms with Crippen LogP contribution in [0.1, 0.15) is 12.0 Å². The van der Waals surface area contributed by atoms with E-state index in [0.29, 0.717) is 23.7 Å². The van der Waals surface area contributed by atoms with Crippen LogP contribution in [-0.2, 0) is 16.0 Å². The van der Waals surface area contributed by atoms with Crippen molar-refractivity contribution in [1.82, 2.24) is 5.32 Å². The third-order valence-electron chi connectivity index (χ3n) is 4.01. The maximum Gasteiger partial charge on any atom is 0.249 e. The lowest BCUT2D eigenvalue weighted by molar-refractivity contribution is -0.126. The van der Waals surface area contributed by atoms with Gasteiger partial charge in [0.2, 0.25) is 11.8 Å². The second-order valence-corrected chi connectivity index (χ2v) is 6.23. The van der Waals surface area contributed by atoms with Crippen LogP contribution in [0.5, 0.6) is 0 Å². The van der Waals surface area contributed by atoms with Gasteiger partial charge in [-0.2, -0.15) is 0 Å². The molecule has 132 valence electrons. The summed E-state index contributed by atoms with van der Waals surface area (Å²) in [6.07, 6.45) is 0.806. The average molecular weight is 380 g/mol. The minimum Gasteiger partial charge on any atom is -0.399 e. The fourth-order valence-corrected chi connectivity index (χ4v) is 2.97. The average Bonchev–Trinajstić information content (AvgIpc) is 2.90. The van der Waals surface area contributed by atoms with Gasteiger partial charge in [0.15, 0.2) is 0 Å². The molecule has 0 aliphatic carbocycles. The molecule has 0 saturated carbocycles. The summed E-state index contributed by atoms with van der Waals surface area (Å²) < 4.78 is 0. The lowest BCUT2D eigenvalue weighted by atomic mass is 10.1. The normalized spacial score (nSPS) is 16.4. The second kappa shape index (κ2) is 8.23. The molecule has 25 heavy (non-hydrogen) atoms. The SMILES string of the molecule is Cl.Nc1ccc(CC(=O)NC2CCN(c3cccc(Cl)c3)C2=O)cc1. The van der Waals surface area contributed by atoms with Crippen molar-refractivity contribution in [2.24, 2.45) is 0 Å². The third-order valence-corrected chi connectivity index (χ3v) is 4.24.